The monoisotopic (exact) mass is 322 g/mol. The van der Waals surface area contributed by atoms with E-state index in [1.54, 1.807) is 0 Å². The lowest BCUT2D eigenvalue weighted by atomic mass is 10.1. The Labute approximate surface area is 102 Å². The topological polar surface area (TPSA) is 17.8 Å². The van der Waals surface area contributed by atoms with Crippen LogP contribution >= 0.6 is 31.9 Å². The van der Waals surface area contributed by atoms with Crippen LogP contribution in [0.5, 0.6) is 0 Å². The Bertz CT molecular complexity index is 307. The minimum absolute atomic E-state index is 0.692. The fourth-order valence-electron chi connectivity index (χ4n) is 1.34. The smallest absolute Gasteiger partial charge is 0.139 e. The molecule has 0 radical (unpaired) electrons. The first kappa shape index (κ1) is 12.2. The van der Waals surface area contributed by atoms with Crippen LogP contribution in [-0.4, -0.2) is 9.55 Å². The normalized spacial score (nSPS) is 13.2. The van der Waals surface area contributed by atoms with Gasteiger partial charge in [0.25, 0.3) is 0 Å². The number of nitrogens with zero attached hydrogens (tertiary/aromatic N) is 2. The van der Waals surface area contributed by atoms with Crippen LogP contribution in [0.25, 0.3) is 0 Å². The standard InChI is InChI=1S/C10H16Br2N2/c1-4-7(3)6-14-8(5-2)13-9(11)10(14)12/h7H,4-6H2,1-3H3. The summed E-state index contributed by atoms with van der Waals surface area (Å²) in [6.07, 6.45) is 2.17. The second-order valence-electron chi connectivity index (χ2n) is 3.59. The van der Waals surface area contributed by atoms with Gasteiger partial charge in [-0.25, -0.2) is 4.98 Å². The SMILES string of the molecule is CCc1nc(Br)c(Br)n1CC(C)CC. The Morgan fingerprint density at radius 1 is 1.36 bits per heavy atom. The number of aromatic nitrogens is 2. The van der Waals surface area contributed by atoms with Crippen LogP contribution < -0.4 is 0 Å². The molecule has 1 atom stereocenters. The third-order valence-corrected chi connectivity index (χ3v) is 4.34. The van der Waals surface area contributed by atoms with Crippen LogP contribution in [0, 0.1) is 5.92 Å². The predicted molar refractivity (Wildman–Crippen MR) is 66.5 cm³/mol. The molecule has 1 unspecified atom stereocenters. The van der Waals surface area contributed by atoms with E-state index in [-0.39, 0.29) is 0 Å². The highest BCUT2D eigenvalue weighted by atomic mass is 79.9. The zero-order valence-corrected chi connectivity index (χ0v) is 12.0. The van der Waals surface area contributed by atoms with Gasteiger partial charge in [0.05, 0.1) is 0 Å². The first-order chi connectivity index (χ1) is 6.60. The van der Waals surface area contributed by atoms with Gasteiger partial charge in [-0.15, -0.1) is 0 Å². The van der Waals surface area contributed by atoms with Crippen molar-refractivity contribution in [1.82, 2.24) is 9.55 Å². The summed E-state index contributed by atoms with van der Waals surface area (Å²) >= 11 is 6.99. The molecule has 80 valence electrons. The fourth-order valence-corrected chi connectivity index (χ4v) is 2.20. The second-order valence-corrected chi connectivity index (χ2v) is 5.09. The van der Waals surface area contributed by atoms with Gasteiger partial charge in [-0.1, -0.05) is 27.2 Å². The van der Waals surface area contributed by atoms with Crippen molar-refractivity contribution < 1.29 is 0 Å². The van der Waals surface area contributed by atoms with Crippen molar-refractivity contribution in [2.45, 2.75) is 40.2 Å². The van der Waals surface area contributed by atoms with Crippen molar-refractivity contribution in [3.05, 3.63) is 15.0 Å². The molecule has 0 saturated heterocycles. The molecule has 1 aromatic rings. The molecular weight excluding hydrogens is 308 g/mol. The van der Waals surface area contributed by atoms with Gasteiger partial charge in [-0.3, -0.25) is 0 Å². The Hall–Kier alpha value is 0.170. The van der Waals surface area contributed by atoms with Crippen LogP contribution in [0.1, 0.15) is 33.0 Å². The number of rotatable bonds is 4. The molecule has 0 aliphatic rings. The molecule has 0 spiro atoms. The quantitative estimate of drug-likeness (QED) is 0.818. The lowest BCUT2D eigenvalue weighted by Gasteiger charge is -2.12. The molecule has 0 N–H and O–H groups in total. The molecule has 0 bridgehead atoms. The number of hydrogen-bond donors (Lipinski definition) is 0. The molecule has 1 aromatic heterocycles. The summed E-state index contributed by atoms with van der Waals surface area (Å²) in [5.41, 5.74) is 0. The highest BCUT2D eigenvalue weighted by Crippen LogP contribution is 2.25. The largest absolute Gasteiger partial charge is 0.322 e. The van der Waals surface area contributed by atoms with Crippen LogP contribution in [0.4, 0.5) is 0 Å². The highest BCUT2D eigenvalue weighted by Gasteiger charge is 2.13. The Kier molecular flexibility index (Phi) is 4.64. The maximum atomic E-state index is 4.45. The van der Waals surface area contributed by atoms with Crippen molar-refractivity contribution in [3.63, 3.8) is 0 Å². The van der Waals surface area contributed by atoms with Crippen LogP contribution in [0.3, 0.4) is 0 Å². The maximum Gasteiger partial charge on any atom is 0.139 e. The van der Waals surface area contributed by atoms with E-state index in [9.17, 15) is 0 Å². The third-order valence-electron chi connectivity index (χ3n) is 2.45. The Morgan fingerprint density at radius 2 is 2.00 bits per heavy atom. The lowest BCUT2D eigenvalue weighted by molar-refractivity contribution is 0.454. The van der Waals surface area contributed by atoms with Gasteiger partial charge < -0.3 is 4.57 Å². The van der Waals surface area contributed by atoms with Crippen molar-refractivity contribution in [2.75, 3.05) is 0 Å². The molecular formula is C10H16Br2N2. The zero-order chi connectivity index (χ0) is 10.7. The van der Waals surface area contributed by atoms with E-state index in [1.165, 1.54) is 6.42 Å². The molecule has 0 fully saturated rings. The van der Waals surface area contributed by atoms with Crippen LogP contribution in [-0.2, 0) is 13.0 Å². The van der Waals surface area contributed by atoms with Crippen molar-refractivity contribution >= 4 is 31.9 Å². The van der Waals surface area contributed by atoms with E-state index >= 15 is 0 Å². The van der Waals surface area contributed by atoms with Gasteiger partial charge in [0.15, 0.2) is 0 Å². The van der Waals surface area contributed by atoms with E-state index in [0.717, 1.165) is 28.0 Å². The van der Waals surface area contributed by atoms with Gasteiger partial charge in [0.1, 0.15) is 15.0 Å². The molecule has 0 aromatic carbocycles. The molecule has 0 amide bonds. The first-order valence-electron chi connectivity index (χ1n) is 5.00. The average molecular weight is 324 g/mol. The summed E-state index contributed by atoms with van der Waals surface area (Å²) in [5.74, 6) is 1.83. The van der Waals surface area contributed by atoms with Gasteiger partial charge >= 0.3 is 0 Å². The van der Waals surface area contributed by atoms with Crippen molar-refractivity contribution in [2.24, 2.45) is 5.92 Å². The number of aryl methyl sites for hydroxylation is 1. The Morgan fingerprint density at radius 3 is 2.50 bits per heavy atom. The first-order valence-corrected chi connectivity index (χ1v) is 6.59. The van der Waals surface area contributed by atoms with Crippen molar-refractivity contribution in [1.29, 1.82) is 0 Å². The molecule has 1 rings (SSSR count). The summed E-state index contributed by atoms with van der Waals surface area (Å²) in [5, 5.41) is 0. The van der Waals surface area contributed by atoms with Gasteiger partial charge in [-0.05, 0) is 37.8 Å². The van der Waals surface area contributed by atoms with Crippen LogP contribution in [0.2, 0.25) is 0 Å². The average Bonchev–Trinajstić information content (AvgIpc) is 2.45. The van der Waals surface area contributed by atoms with Gasteiger partial charge in [-0.2, -0.15) is 0 Å². The highest BCUT2D eigenvalue weighted by molar-refractivity contribution is 9.13. The van der Waals surface area contributed by atoms with E-state index < -0.39 is 0 Å². The molecule has 0 saturated carbocycles. The molecule has 0 aliphatic heterocycles. The number of hydrogen-bond acceptors (Lipinski definition) is 1. The van der Waals surface area contributed by atoms with Gasteiger partial charge in [0, 0.05) is 13.0 Å². The molecule has 1 heterocycles. The zero-order valence-electron chi connectivity index (χ0n) is 8.85. The minimum Gasteiger partial charge on any atom is -0.322 e. The summed E-state index contributed by atoms with van der Waals surface area (Å²) in [7, 11) is 0. The van der Waals surface area contributed by atoms with E-state index in [2.05, 4.69) is 62.2 Å². The molecule has 2 nitrogen and oxygen atoms in total. The lowest BCUT2D eigenvalue weighted by Crippen LogP contribution is -2.10. The van der Waals surface area contributed by atoms with E-state index in [4.69, 9.17) is 0 Å². The van der Waals surface area contributed by atoms with E-state index in [1.807, 2.05) is 0 Å². The summed E-state index contributed by atoms with van der Waals surface area (Å²) in [6.45, 7) is 7.66. The summed E-state index contributed by atoms with van der Waals surface area (Å²) < 4.78 is 4.23. The third kappa shape index (κ3) is 2.60. The second kappa shape index (κ2) is 5.31. The van der Waals surface area contributed by atoms with Crippen LogP contribution in [0.15, 0.2) is 9.21 Å². The molecule has 0 aliphatic carbocycles. The predicted octanol–water partition coefficient (Wildman–Crippen LogP) is 4.02. The van der Waals surface area contributed by atoms with Gasteiger partial charge in [0.2, 0.25) is 0 Å². The van der Waals surface area contributed by atoms with E-state index in [0.29, 0.717) is 5.92 Å². The Balaban J connectivity index is 2.93. The number of imidazole rings is 1. The minimum atomic E-state index is 0.692. The summed E-state index contributed by atoms with van der Waals surface area (Å²) in [4.78, 5) is 4.45. The molecule has 14 heavy (non-hydrogen) atoms. The molecule has 4 heteroatoms. The van der Waals surface area contributed by atoms with Crippen molar-refractivity contribution in [3.8, 4) is 0 Å². The maximum absolute atomic E-state index is 4.45. The number of halogens is 2. The fraction of sp³-hybridized carbons (Fsp3) is 0.700. The summed E-state index contributed by atoms with van der Waals surface area (Å²) in [6, 6.07) is 0.